The zero-order valence-corrected chi connectivity index (χ0v) is 24.5. The van der Waals surface area contributed by atoms with Crippen molar-refractivity contribution in [2.24, 2.45) is 0 Å². The molecule has 0 aromatic rings. The summed E-state index contributed by atoms with van der Waals surface area (Å²) in [6.45, 7) is 2.73. The quantitative estimate of drug-likeness (QED) is 0.0911. The van der Waals surface area contributed by atoms with Gasteiger partial charge in [-0.25, -0.2) is 4.79 Å². The average Bonchev–Trinajstić information content (AvgIpc) is 2.75. The first kappa shape index (κ1) is 34.3. The van der Waals surface area contributed by atoms with Gasteiger partial charge < -0.3 is 28.1 Å². The minimum absolute atomic E-state index is 0.0489. The number of unbranched alkanes of at least 4 members (excludes halogenated alkanes) is 13. The molecule has 0 aliphatic carbocycles. The van der Waals surface area contributed by atoms with Crippen LogP contribution in [0.1, 0.15) is 103 Å². The van der Waals surface area contributed by atoms with E-state index < -0.39 is 20.0 Å². The van der Waals surface area contributed by atoms with Crippen molar-refractivity contribution in [3.8, 4) is 0 Å². The molecule has 1 amide bonds. The number of rotatable bonds is 23. The van der Waals surface area contributed by atoms with E-state index >= 15 is 0 Å². The van der Waals surface area contributed by atoms with Gasteiger partial charge in [0.1, 0.15) is 25.9 Å². The molecule has 0 aliphatic rings. The Bertz CT molecular complexity index is 569. The Morgan fingerprint density at radius 1 is 0.857 bits per heavy atom. The molecule has 0 radical (unpaired) electrons. The number of nitrogens with zero attached hydrogens (tertiary/aromatic N) is 2. The Morgan fingerprint density at radius 2 is 1.31 bits per heavy atom. The predicted octanol–water partition coefficient (Wildman–Crippen LogP) is 6.13. The molecule has 8 nitrogen and oxygen atoms in total. The summed E-state index contributed by atoms with van der Waals surface area (Å²) in [7, 11) is 4.56. The van der Waals surface area contributed by atoms with Gasteiger partial charge in [-0.15, -0.1) is 0 Å². The van der Waals surface area contributed by atoms with Crippen LogP contribution in [0.2, 0.25) is 0 Å². The molecule has 0 aromatic heterocycles. The summed E-state index contributed by atoms with van der Waals surface area (Å²) in [6, 6.07) is 0. The number of carbonyl (C=O) groups excluding carboxylic acids is 1. The Balaban J connectivity index is 4.14. The van der Waals surface area contributed by atoms with E-state index in [1.54, 1.807) is 14.1 Å². The average molecular weight is 523 g/mol. The van der Waals surface area contributed by atoms with Gasteiger partial charge in [0.2, 0.25) is 0 Å². The third-order valence-corrected chi connectivity index (χ3v) is 6.98. The summed E-state index contributed by atoms with van der Waals surface area (Å²) in [5.74, 6) is 0. The topological polar surface area (TPSA) is 88.1 Å². The molecule has 0 spiro atoms. The number of quaternary nitrogens is 1. The molecule has 0 N–H and O–H groups in total. The van der Waals surface area contributed by atoms with Crippen LogP contribution in [0.5, 0.6) is 0 Å². The van der Waals surface area contributed by atoms with E-state index in [9.17, 15) is 14.3 Å². The molecular formula is C26H55N2O6P. The minimum Gasteiger partial charge on any atom is -0.756 e. The molecular weight excluding hydrogens is 467 g/mol. The van der Waals surface area contributed by atoms with Crippen LogP contribution in [0.4, 0.5) is 4.79 Å². The molecule has 210 valence electrons. The molecule has 0 aliphatic heterocycles. The summed E-state index contributed by atoms with van der Waals surface area (Å²) in [4.78, 5) is 25.3. The van der Waals surface area contributed by atoms with Gasteiger partial charge in [0.05, 0.1) is 21.1 Å². The second-order valence-corrected chi connectivity index (χ2v) is 12.2. The largest absolute Gasteiger partial charge is 0.756 e. The van der Waals surface area contributed by atoms with Crippen LogP contribution in [0.15, 0.2) is 0 Å². The van der Waals surface area contributed by atoms with Crippen molar-refractivity contribution >= 4 is 13.9 Å². The normalized spacial score (nSPS) is 14.5. The Morgan fingerprint density at radius 3 is 1.74 bits per heavy atom. The number of ether oxygens (including phenoxy) is 1. The summed E-state index contributed by atoms with van der Waals surface area (Å²) in [5, 5.41) is 0. The fraction of sp³-hybridized carbons (Fsp3) is 0.962. The number of phosphoric acid groups is 1. The third-order valence-electron chi connectivity index (χ3n) is 5.93. The second kappa shape index (κ2) is 20.4. The van der Waals surface area contributed by atoms with Gasteiger partial charge in [0.25, 0.3) is 7.82 Å². The van der Waals surface area contributed by atoms with Gasteiger partial charge in [0, 0.05) is 14.1 Å². The first-order valence-electron chi connectivity index (χ1n) is 13.8. The molecule has 0 rings (SSSR count). The van der Waals surface area contributed by atoms with E-state index in [-0.39, 0.29) is 13.2 Å². The lowest BCUT2D eigenvalue weighted by Crippen LogP contribution is -2.37. The number of hydrogen-bond donors (Lipinski definition) is 0. The van der Waals surface area contributed by atoms with Gasteiger partial charge in [-0.05, 0) is 6.42 Å². The van der Waals surface area contributed by atoms with Crippen LogP contribution in [0, 0.1) is 0 Å². The highest BCUT2D eigenvalue weighted by Gasteiger charge is 2.21. The molecule has 0 aromatic carbocycles. The van der Waals surface area contributed by atoms with Crippen molar-refractivity contribution in [2.75, 3.05) is 55.0 Å². The molecule has 0 saturated heterocycles. The Labute approximate surface area is 215 Å². The lowest BCUT2D eigenvalue weighted by atomic mass is 10.0. The third kappa shape index (κ3) is 23.5. The van der Waals surface area contributed by atoms with Gasteiger partial charge in [-0.3, -0.25) is 4.57 Å². The van der Waals surface area contributed by atoms with E-state index in [1.165, 1.54) is 75.5 Å². The van der Waals surface area contributed by atoms with Crippen molar-refractivity contribution < 1.29 is 32.5 Å². The second-order valence-electron chi connectivity index (χ2n) is 10.9. The molecule has 2 unspecified atom stereocenters. The molecule has 0 heterocycles. The van der Waals surface area contributed by atoms with Gasteiger partial charge >= 0.3 is 6.09 Å². The molecule has 0 fully saturated rings. The number of likely N-dealkylation sites (N-methyl/N-ethyl adjacent to an activating group) is 1. The zero-order chi connectivity index (χ0) is 26.6. The molecule has 2 atom stereocenters. The van der Waals surface area contributed by atoms with Gasteiger partial charge in [-0.2, -0.15) is 0 Å². The summed E-state index contributed by atoms with van der Waals surface area (Å²) in [5.41, 5.74) is 0. The van der Waals surface area contributed by atoms with E-state index in [0.29, 0.717) is 17.4 Å². The number of phosphoric ester groups is 1. The van der Waals surface area contributed by atoms with Crippen molar-refractivity contribution in [3.63, 3.8) is 0 Å². The Kier molecular flexibility index (Phi) is 20.0. The fourth-order valence-electron chi connectivity index (χ4n) is 3.67. The summed E-state index contributed by atoms with van der Waals surface area (Å²) in [6.07, 6.45) is 16.8. The van der Waals surface area contributed by atoms with Crippen LogP contribution < -0.4 is 4.89 Å². The number of carbonyl (C=O) groups is 1. The molecule has 35 heavy (non-hydrogen) atoms. The first-order valence-corrected chi connectivity index (χ1v) is 15.2. The maximum absolute atomic E-state index is 12.3. The highest BCUT2D eigenvalue weighted by atomic mass is 31.2. The van der Waals surface area contributed by atoms with Crippen molar-refractivity contribution in [1.82, 2.24) is 4.90 Å². The van der Waals surface area contributed by atoms with Crippen molar-refractivity contribution in [2.45, 2.75) is 109 Å². The maximum atomic E-state index is 12.3. The lowest BCUT2D eigenvalue weighted by molar-refractivity contribution is -0.870. The monoisotopic (exact) mass is 522 g/mol. The molecule has 0 bridgehead atoms. The number of hydrogen-bond acceptors (Lipinski definition) is 6. The van der Waals surface area contributed by atoms with E-state index in [1.807, 2.05) is 21.1 Å². The van der Waals surface area contributed by atoms with Crippen molar-refractivity contribution in [1.29, 1.82) is 0 Å². The highest BCUT2D eigenvalue weighted by Crippen LogP contribution is 2.40. The SMILES string of the molecule is CCCCCCCCCCCCCCCCC(COC(=O)N(C)C)OP(=O)([O-])OCC[N+](C)(C)C. The van der Waals surface area contributed by atoms with E-state index in [2.05, 4.69) is 6.92 Å². The molecule has 9 heteroatoms. The highest BCUT2D eigenvalue weighted by molar-refractivity contribution is 7.45. The smallest absolute Gasteiger partial charge is 0.409 e. The van der Waals surface area contributed by atoms with E-state index in [4.69, 9.17) is 13.8 Å². The Hall–Kier alpha value is -0.660. The summed E-state index contributed by atoms with van der Waals surface area (Å²) < 4.78 is 28.3. The lowest BCUT2D eigenvalue weighted by Gasteiger charge is -2.30. The van der Waals surface area contributed by atoms with Gasteiger partial charge in [-0.1, -0.05) is 96.8 Å². The minimum atomic E-state index is -4.47. The molecule has 0 saturated carbocycles. The predicted molar refractivity (Wildman–Crippen MR) is 141 cm³/mol. The van der Waals surface area contributed by atoms with E-state index in [0.717, 1.165) is 19.3 Å². The maximum Gasteiger partial charge on any atom is 0.409 e. The van der Waals surface area contributed by atoms with Crippen LogP contribution in [0.25, 0.3) is 0 Å². The van der Waals surface area contributed by atoms with Crippen LogP contribution in [-0.4, -0.2) is 76.6 Å². The fourth-order valence-corrected chi connectivity index (χ4v) is 4.56. The zero-order valence-electron chi connectivity index (χ0n) is 23.6. The van der Waals surface area contributed by atoms with Crippen LogP contribution >= 0.6 is 7.82 Å². The van der Waals surface area contributed by atoms with Gasteiger partial charge in [0.15, 0.2) is 0 Å². The van der Waals surface area contributed by atoms with Crippen LogP contribution in [0.3, 0.4) is 0 Å². The van der Waals surface area contributed by atoms with Crippen molar-refractivity contribution in [3.05, 3.63) is 0 Å². The summed E-state index contributed by atoms with van der Waals surface area (Å²) >= 11 is 0. The standard InChI is InChI=1S/C26H55N2O6P/c1-7-8-9-10-11-12-13-14-15-16-17-18-19-20-21-25(24-32-26(29)27(2)3)34-35(30,31)33-23-22-28(4,5)6/h25H,7-24H2,1-6H3. The van der Waals surface area contributed by atoms with Crippen LogP contribution in [-0.2, 0) is 18.3 Å². The first-order chi connectivity index (χ1) is 16.5. The number of amides is 1.